The van der Waals surface area contributed by atoms with Crippen molar-refractivity contribution >= 4 is 21.8 Å². The van der Waals surface area contributed by atoms with E-state index in [9.17, 15) is 18.0 Å². The number of nitrogens with zero attached hydrogens (tertiary/aromatic N) is 2. The maximum Gasteiger partial charge on any atom is 0.246 e. The molecule has 2 N–H and O–H groups in total. The van der Waals surface area contributed by atoms with Crippen LogP contribution in [0.2, 0.25) is 0 Å². The van der Waals surface area contributed by atoms with E-state index in [4.69, 9.17) is 4.74 Å². The number of likely N-dealkylation sites (tertiary alicyclic amines) is 1. The molecule has 0 saturated carbocycles. The maximum atomic E-state index is 13.6. The lowest BCUT2D eigenvalue weighted by molar-refractivity contribution is -0.161. The molecule has 40 heavy (non-hydrogen) atoms. The van der Waals surface area contributed by atoms with Gasteiger partial charge in [-0.2, -0.15) is 0 Å². The number of unbranched alkanes of at least 4 members (excludes halogenated alkanes) is 1. The Bertz CT molecular complexity index is 1230. The van der Waals surface area contributed by atoms with Crippen LogP contribution in [0.1, 0.15) is 51.0 Å². The van der Waals surface area contributed by atoms with Crippen molar-refractivity contribution in [2.24, 2.45) is 0 Å². The number of piperidine rings is 1. The summed E-state index contributed by atoms with van der Waals surface area (Å²) >= 11 is 0. The number of methoxy groups -OCH3 is 1. The molecular weight excluding hydrogens is 528 g/mol. The number of hydrogen-bond donors (Lipinski definition) is 2. The van der Waals surface area contributed by atoms with Crippen molar-refractivity contribution in [3.05, 3.63) is 60.2 Å². The summed E-state index contributed by atoms with van der Waals surface area (Å²) in [7, 11) is -2.10. The van der Waals surface area contributed by atoms with Gasteiger partial charge >= 0.3 is 0 Å². The number of carbonyl (C=O) groups is 2. The minimum absolute atomic E-state index is 0.0157. The molecule has 0 unspecified atom stereocenters. The van der Waals surface area contributed by atoms with Crippen molar-refractivity contribution < 1.29 is 22.7 Å². The van der Waals surface area contributed by atoms with Crippen LogP contribution in [0.3, 0.4) is 0 Å². The molecule has 2 heterocycles. The number of amides is 2. The number of ether oxygens (including phenoxy) is 1. The summed E-state index contributed by atoms with van der Waals surface area (Å²) < 4.78 is 32.8. The fraction of sp³-hybridized carbons (Fsp3) is 0.533. The van der Waals surface area contributed by atoms with E-state index in [1.807, 2.05) is 17.9 Å². The van der Waals surface area contributed by atoms with Crippen molar-refractivity contribution in [3.63, 3.8) is 0 Å². The molecule has 1 spiro atoms. The summed E-state index contributed by atoms with van der Waals surface area (Å²) in [5.74, 6) is 0.525. The Kier molecular flexibility index (Phi) is 10.2. The topological polar surface area (TPSA) is 108 Å². The van der Waals surface area contributed by atoms with Gasteiger partial charge in [0.2, 0.25) is 21.8 Å². The van der Waals surface area contributed by atoms with Crippen LogP contribution in [0.5, 0.6) is 5.75 Å². The van der Waals surface area contributed by atoms with E-state index in [2.05, 4.69) is 39.2 Å². The van der Waals surface area contributed by atoms with Gasteiger partial charge in [0, 0.05) is 32.7 Å². The Morgan fingerprint density at radius 3 is 2.35 bits per heavy atom. The van der Waals surface area contributed by atoms with Gasteiger partial charge < -0.3 is 19.9 Å². The van der Waals surface area contributed by atoms with E-state index < -0.39 is 21.6 Å². The SMILES string of the molecule is CCCN1C(=O)[C@H](CCCCNS(=O)(=O)c2ccc(OC)cc2)NC(=O)C12CCN(CCc1ccccc1)CC2. The molecule has 0 aliphatic carbocycles. The Hall–Kier alpha value is -2.95. The van der Waals surface area contributed by atoms with E-state index in [0.717, 1.165) is 32.5 Å². The van der Waals surface area contributed by atoms with Crippen LogP contribution in [-0.4, -0.2) is 81.4 Å². The Morgan fingerprint density at radius 1 is 1.00 bits per heavy atom. The molecule has 9 nitrogen and oxygen atoms in total. The van der Waals surface area contributed by atoms with E-state index in [1.165, 1.54) is 24.8 Å². The summed E-state index contributed by atoms with van der Waals surface area (Å²) in [6.45, 7) is 5.36. The summed E-state index contributed by atoms with van der Waals surface area (Å²) in [5, 5.41) is 3.03. The van der Waals surface area contributed by atoms with Gasteiger partial charge in [0.1, 0.15) is 17.3 Å². The van der Waals surface area contributed by atoms with Crippen LogP contribution in [0.25, 0.3) is 0 Å². The zero-order valence-corrected chi connectivity index (χ0v) is 24.4. The number of rotatable bonds is 13. The number of carbonyl (C=O) groups excluding carboxylic acids is 2. The molecule has 2 aliphatic rings. The second-order valence-electron chi connectivity index (χ2n) is 10.7. The van der Waals surface area contributed by atoms with Gasteiger partial charge in [-0.15, -0.1) is 0 Å². The van der Waals surface area contributed by atoms with E-state index in [1.54, 1.807) is 12.1 Å². The van der Waals surface area contributed by atoms with Crippen molar-refractivity contribution in [2.75, 3.05) is 39.8 Å². The number of sulfonamides is 1. The lowest BCUT2D eigenvalue weighted by atomic mass is 9.81. The molecule has 2 aromatic carbocycles. The Morgan fingerprint density at radius 2 is 1.70 bits per heavy atom. The number of nitrogens with one attached hydrogen (secondary N) is 2. The minimum Gasteiger partial charge on any atom is -0.497 e. The van der Waals surface area contributed by atoms with Gasteiger partial charge in [-0.05, 0) is 74.8 Å². The molecule has 10 heteroatoms. The monoisotopic (exact) mass is 570 g/mol. The van der Waals surface area contributed by atoms with E-state index >= 15 is 0 Å². The highest BCUT2D eigenvalue weighted by Crippen LogP contribution is 2.34. The average Bonchev–Trinajstić information content (AvgIpc) is 2.98. The largest absolute Gasteiger partial charge is 0.497 e. The molecule has 2 saturated heterocycles. The normalized spacial score (nSPS) is 19.6. The smallest absolute Gasteiger partial charge is 0.246 e. The molecule has 0 bridgehead atoms. The van der Waals surface area contributed by atoms with Crippen LogP contribution in [0, 0.1) is 0 Å². The van der Waals surface area contributed by atoms with Crippen LogP contribution >= 0.6 is 0 Å². The fourth-order valence-corrected chi connectivity index (χ4v) is 6.79. The zero-order chi connectivity index (χ0) is 28.6. The molecule has 0 aromatic heterocycles. The van der Waals surface area contributed by atoms with Crippen LogP contribution in [0.4, 0.5) is 0 Å². The highest BCUT2D eigenvalue weighted by molar-refractivity contribution is 7.89. The third-order valence-electron chi connectivity index (χ3n) is 8.08. The van der Waals surface area contributed by atoms with Gasteiger partial charge in [-0.3, -0.25) is 9.59 Å². The molecule has 2 aliphatic heterocycles. The van der Waals surface area contributed by atoms with Crippen molar-refractivity contribution in [1.82, 2.24) is 19.8 Å². The molecule has 2 aromatic rings. The third kappa shape index (κ3) is 7.03. The first kappa shape index (κ1) is 30.0. The van der Waals surface area contributed by atoms with Gasteiger partial charge in [-0.25, -0.2) is 13.1 Å². The van der Waals surface area contributed by atoms with Crippen molar-refractivity contribution in [1.29, 1.82) is 0 Å². The number of benzene rings is 2. The lowest BCUT2D eigenvalue weighted by Gasteiger charge is -2.51. The van der Waals surface area contributed by atoms with Gasteiger partial charge in [0.25, 0.3) is 0 Å². The number of piperazine rings is 1. The third-order valence-corrected chi connectivity index (χ3v) is 9.56. The number of hydrogen-bond acceptors (Lipinski definition) is 6. The molecule has 2 amide bonds. The van der Waals surface area contributed by atoms with Crippen LogP contribution in [0.15, 0.2) is 59.5 Å². The molecule has 2 fully saturated rings. The highest BCUT2D eigenvalue weighted by atomic mass is 32.2. The zero-order valence-electron chi connectivity index (χ0n) is 23.6. The second-order valence-corrected chi connectivity index (χ2v) is 12.5. The molecule has 0 radical (unpaired) electrons. The average molecular weight is 571 g/mol. The van der Waals surface area contributed by atoms with E-state index in [-0.39, 0.29) is 23.3 Å². The summed E-state index contributed by atoms with van der Waals surface area (Å²) in [6, 6.07) is 16.1. The summed E-state index contributed by atoms with van der Waals surface area (Å²) in [4.78, 5) is 31.5. The van der Waals surface area contributed by atoms with Crippen molar-refractivity contribution in [2.45, 2.75) is 68.3 Å². The second kappa shape index (κ2) is 13.6. The van der Waals surface area contributed by atoms with Crippen LogP contribution in [-0.2, 0) is 26.0 Å². The highest BCUT2D eigenvalue weighted by Gasteiger charge is 2.52. The van der Waals surface area contributed by atoms with Crippen LogP contribution < -0.4 is 14.8 Å². The summed E-state index contributed by atoms with van der Waals surface area (Å²) in [6.07, 6.45) is 4.69. The molecular formula is C30H42N4O5S. The molecule has 218 valence electrons. The maximum absolute atomic E-state index is 13.6. The quantitative estimate of drug-likeness (QED) is 0.359. The first-order valence-electron chi connectivity index (χ1n) is 14.3. The predicted molar refractivity (Wildman–Crippen MR) is 155 cm³/mol. The molecule has 4 rings (SSSR count). The van der Waals surface area contributed by atoms with Gasteiger partial charge in [0.05, 0.1) is 12.0 Å². The fourth-order valence-electron chi connectivity index (χ4n) is 5.71. The summed E-state index contributed by atoms with van der Waals surface area (Å²) in [5.41, 5.74) is 0.526. The minimum atomic E-state index is -3.62. The van der Waals surface area contributed by atoms with Crippen molar-refractivity contribution in [3.8, 4) is 5.75 Å². The van der Waals surface area contributed by atoms with E-state index in [0.29, 0.717) is 44.4 Å². The first-order valence-corrected chi connectivity index (χ1v) is 15.8. The standard InChI is InChI=1S/C30H42N4O5S/c1-3-20-34-28(35)27(11-7-8-19-31-40(37,38)26-14-12-25(39-2)13-15-26)32-29(36)30(34)17-22-33(23-18-30)21-16-24-9-5-4-6-10-24/h4-6,9-10,12-15,27,31H,3,7-8,11,16-23H2,1-2H3,(H,32,36)/t27-/m0/s1. The van der Waals surface area contributed by atoms with Gasteiger partial charge in [-0.1, -0.05) is 37.3 Å². The predicted octanol–water partition coefficient (Wildman–Crippen LogP) is 2.96. The Balaban J connectivity index is 1.26. The van der Waals surface area contributed by atoms with Gasteiger partial charge in [0.15, 0.2) is 0 Å². The molecule has 1 atom stereocenters. The lowest BCUT2D eigenvalue weighted by Crippen LogP contribution is -2.72. The Labute approximate surface area is 238 Å². The first-order chi connectivity index (χ1) is 19.3.